The van der Waals surface area contributed by atoms with Gasteiger partial charge in [-0.3, -0.25) is 0 Å². The molecule has 0 radical (unpaired) electrons. The fourth-order valence-corrected chi connectivity index (χ4v) is 2.01. The molecule has 6 heteroatoms. The van der Waals surface area contributed by atoms with E-state index in [1.54, 1.807) is 21.5 Å². The van der Waals surface area contributed by atoms with E-state index in [2.05, 4.69) is 5.10 Å². The van der Waals surface area contributed by atoms with Gasteiger partial charge in [-0.1, -0.05) is 6.07 Å². The summed E-state index contributed by atoms with van der Waals surface area (Å²) in [5.41, 5.74) is 1.68. The molecule has 0 fully saturated rings. The van der Waals surface area contributed by atoms with E-state index >= 15 is 0 Å². The van der Waals surface area contributed by atoms with E-state index in [9.17, 15) is 8.78 Å². The van der Waals surface area contributed by atoms with Crippen LogP contribution in [0.1, 0.15) is 11.1 Å². The molecule has 4 nitrogen and oxygen atoms in total. The first-order valence-electron chi connectivity index (χ1n) is 5.55. The fourth-order valence-electron chi connectivity index (χ4n) is 2.01. The molecule has 3 aromatic rings. The van der Waals surface area contributed by atoms with Gasteiger partial charge >= 0.3 is 0 Å². The van der Waals surface area contributed by atoms with Gasteiger partial charge in [0.2, 0.25) is 0 Å². The first-order chi connectivity index (χ1) is 9.19. The van der Waals surface area contributed by atoms with E-state index < -0.39 is 11.6 Å². The van der Waals surface area contributed by atoms with E-state index in [1.165, 1.54) is 12.3 Å². The van der Waals surface area contributed by atoms with E-state index in [0.29, 0.717) is 23.3 Å². The van der Waals surface area contributed by atoms with Crippen molar-refractivity contribution in [2.45, 2.75) is 6.54 Å². The molecular formula is C13H8F2N4. The van der Waals surface area contributed by atoms with E-state index in [-0.39, 0.29) is 0 Å². The van der Waals surface area contributed by atoms with Crippen molar-refractivity contribution in [3.63, 3.8) is 0 Å². The molecule has 0 aliphatic rings. The minimum atomic E-state index is -0.880. The van der Waals surface area contributed by atoms with Crippen molar-refractivity contribution >= 4 is 5.65 Å². The van der Waals surface area contributed by atoms with Gasteiger partial charge < -0.3 is 4.57 Å². The lowest BCUT2D eigenvalue weighted by molar-refractivity contribution is 0.506. The Morgan fingerprint density at radius 2 is 2.05 bits per heavy atom. The van der Waals surface area contributed by atoms with Gasteiger partial charge in [-0.05, 0) is 17.7 Å². The number of rotatable bonds is 2. The van der Waals surface area contributed by atoms with Gasteiger partial charge in [-0.25, -0.2) is 13.3 Å². The summed E-state index contributed by atoms with van der Waals surface area (Å²) < 4.78 is 29.3. The SMILES string of the molecule is N#Cc1cnn2ccn(Cc3ccc(F)c(F)c3)c12. The van der Waals surface area contributed by atoms with Crippen molar-refractivity contribution in [2.75, 3.05) is 0 Å². The van der Waals surface area contributed by atoms with E-state index in [4.69, 9.17) is 5.26 Å². The Morgan fingerprint density at radius 1 is 1.21 bits per heavy atom. The molecule has 0 aliphatic carbocycles. The number of nitriles is 1. The molecule has 0 saturated carbocycles. The smallest absolute Gasteiger partial charge is 0.159 e. The molecule has 19 heavy (non-hydrogen) atoms. The van der Waals surface area contributed by atoms with Crippen LogP contribution < -0.4 is 0 Å². The summed E-state index contributed by atoms with van der Waals surface area (Å²) in [6.45, 7) is 0.341. The minimum Gasteiger partial charge on any atom is -0.326 e. The minimum absolute atomic E-state index is 0.341. The average Bonchev–Trinajstić information content (AvgIpc) is 2.97. The zero-order chi connectivity index (χ0) is 13.4. The predicted octanol–water partition coefficient (Wildman–Crippen LogP) is 2.33. The number of imidazole rings is 1. The molecule has 0 spiro atoms. The number of fused-ring (bicyclic) bond motifs is 1. The van der Waals surface area contributed by atoms with Gasteiger partial charge in [0.1, 0.15) is 11.6 Å². The fraction of sp³-hybridized carbons (Fsp3) is 0.0769. The van der Waals surface area contributed by atoms with Crippen LogP contribution in [0, 0.1) is 23.0 Å². The molecule has 0 bridgehead atoms. The lowest BCUT2D eigenvalue weighted by Crippen LogP contribution is -2.00. The summed E-state index contributed by atoms with van der Waals surface area (Å²) in [6, 6.07) is 5.79. The number of hydrogen-bond acceptors (Lipinski definition) is 2. The molecule has 0 amide bonds. The molecule has 3 rings (SSSR count). The van der Waals surface area contributed by atoms with Crippen LogP contribution >= 0.6 is 0 Å². The van der Waals surface area contributed by atoms with Crippen molar-refractivity contribution in [2.24, 2.45) is 0 Å². The summed E-state index contributed by atoms with van der Waals surface area (Å²) in [5, 5.41) is 13.0. The van der Waals surface area contributed by atoms with Gasteiger partial charge in [0.25, 0.3) is 0 Å². The molecule has 0 N–H and O–H groups in total. The highest BCUT2D eigenvalue weighted by atomic mass is 19.2. The van der Waals surface area contributed by atoms with Crippen molar-refractivity contribution < 1.29 is 8.78 Å². The molecule has 0 atom stereocenters. The number of nitrogens with zero attached hydrogens (tertiary/aromatic N) is 4. The van der Waals surface area contributed by atoms with Crippen LogP contribution in [0.3, 0.4) is 0 Å². The highest BCUT2D eigenvalue weighted by molar-refractivity contribution is 5.55. The normalized spacial score (nSPS) is 10.8. The molecule has 2 heterocycles. The third kappa shape index (κ3) is 1.85. The quantitative estimate of drug-likeness (QED) is 0.708. The third-order valence-corrected chi connectivity index (χ3v) is 2.89. The Morgan fingerprint density at radius 3 is 2.79 bits per heavy atom. The number of benzene rings is 1. The van der Waals surface area contributed by atoms with Gasteiger partial charge in [-0.2, -0.15) is 10.4 Å². The standard InChI is InChI=1S/C13H8F2N4/c14-11-2-1-9(5-12(11)15)8-18-3-4-19-13(18)10(6-16)7-17-19/h1-5,7H,8H2. The molecule has 1 aromatic carbocycles. The van der Waals surface area contributed by atoms with Crippen LogP contribution in [0.25, 0.3) is 5.65 Å². The van der Waals surface area contributed by atoms with Crippen molar-refractivity contribution in [1.82, 2.24) is 14.2 Å². The summed E-state index contributed by atoms with van der Waals surface area (Å²) in [5.74, 6) is -1.75. The Labute approximate surface area is 107 Å². The Kier molecular flexibility index (Phi) is 2.53. The zero-order valence-corrected chi connectivity index (χ0v) is 9.72. The highest BCUT2D eigenvalue weighted by Gasteiger charge is 2.10. The number of halogens is 2. The molecule has 0 saturated heterocycles. The summed E-state index contributed by atoms with van der Waals surface area (Å²) >= 11 is 0. The third-order valence-electron chi connectivity index (χ3n) is 2.89. The zero-order valence-electron chi connectivity index (χ0n) is 9.72. The monoisotopic (exact) mass is 258 g/mol. The van der Waals surface area contributed by atoms with Crippen LogP contribution in [0.2, 0.25) is 0 Å². The van der Waals surface area contributed by atoms with Crippen molar-refractivity contribution in [1.29, 1.82) is 5.26 Å². The van der Waals surface area contributed by atoms with Crippen LogP contribution in [-0.4, -0.2) is 14.2 Å². The Hall–Kier alpha value is -2.68. The predicted molar refractivity (Wildman–Crippen MR) is 63.4 cm³/mol. The first-order valence-corrected chi connectivity index (χ1v) is 5.55. The maximum atomic E-state index is 13.2. The molecule has 0 aliphatic heterocycles. The van der Waals surface area contributed by atoms with Crippen LogP contribution in [-0.2, 0) is 6.54 Å². The lowest BCUT2D eigenvalue weighted by atomic mass is 10.2. The summed E-state index contributed by atoms with van der Waals surface area (Å²) in [6.07, 6.45) is 4.91. The highest BCUT2D eigenvalue weighted by Crippen LogP contribution is 2.15. The Balaban J connectivity index is 2.03. The van der Waals surface area contributed by atoms with Crippen molar-refractivity contribution in [3.8, 4) is 6.07 Å². The number of hydrogen-bond donors (Lipinski definition) is 0. The first kappa shape index (κ1) is 11.4. The molecule has 0 unspecified atom stereocenters. The number of aromatic nitrogens is 3. The maximum Gasteiger partial charge on any atom is 0.159 e. The summed E-state index contributed by atoms with van der Waals surface area (Å²) in [7, 11) is 0. The van der Waals surface area contributed by atoms with Gasteiger partial charge in [0, 0.05) is 18.9 Å². The van der Waals surface area contributed by atoms with Crippen LogP contribution in [0.5, 0.6) is 0 Å². The van der Waals surface area contributed by atoms with Crippen molar-refractivity contribution in [3.05, 3.63) is 59.6 Å². The lowest BCUT2D eigenvalue weighted by Gasteiger charge is -2.04. The van der Waals surface area contributed by atoms with Gasteiger partial charge in [0.15, 0.2) is 17.3 Å². The molecule has 2 aromatic heterocycles. The maximum absolute atomic E-state index is 13.2. The summed E-state index contributed by atoms with van der Waals surface area (Å²) in [4.78, 5) is 0. The van der Waals surface area contributed by atoms with Gasteiger partial charge in [-0.15, -0.1) is 0 Å². The second-order valence-corrected chi connectivity index (χ2v) is 4.11. The molecule has 94 valence electrons. The van der Waals surface area contributed by atoms with E-state index in [0.717, 1.165) is 12.1 Å². The molecular weight excluding hydrogens is 250 g/mol. The average molecular weight is 258 g/mol. The van der Waals surface area contributed by atoms with Crippen LogP contribution in [0.4, 0.5) is 8.78 Å². The second kappa shape index (κ2) is 4.21. The Bertz CT molecular complexity index is 795. The second-order valence-electron chi connectivity index (χ2n) is 4.11. The topological polar surface area (TPSA) is 46.0 Å². The van der Waals surface area contributed by atoms with Crippen LogP contribution in [0.15, 0.2) is 36.8 Å². The largest absolute Gasteiger partial charge is 0.326 e. The van der Waals surface area contributed by atoms with Gasteiger partial charge in [0.05, 0.1) is 6.20 Å². The van der Waals surface area contributed by atoms with E-state index in [1.807, 2.05) is 6.07 Å².